The van der Waals surface area contributed by atoms with Crippen molar-refractivity contribution in [1.29, 1.82) is 0 Å². The molecule has 0 heterocycles. The minimum atomic E-state index is -2.53. The van der Waals surface area contributed by atoms with Crippen LogP contribution in [0.25, 0.3) is 12.2 Å². The fourth-order valence-electron chi connectivity index (χ4n) is 5.49. The molecule has 2 atom stereocenters. The van der Waals surface area contributed by atoms with E-state index in [4.69, 9.17) is 0 Å². The van der Waals surface area contributed by atoms with Gasteiger partial charge in [-0.3, -0.25) is 0 Å². The summed E-state index contributed by atoms with van der Waals surface area (Å²) in [5.41, 5.74) is 7.79. The quantitative estimate of drug-likeness (QED) is 0.275. The summed E-state index contributed by atoms with van der Waals surface area (Å²) in [7, 11) is 0. The first-order valence-electron chi connectivity index (χ1n) is 12.1. The van der Waals surface area contributed by atoms with E-state index >= 15 is 0 Å². The number of fused-ring (bicyclic) bond motifs is 2. The van der Waals surface area contributed by atoms with Crippen molar-refractivity contribution in [2.45, 2.75) is 21.2 Å². The van der Waals surface area contributed by atoms with E-state index in [-0.39, 0.29) is 24.8 Å². The zero-order chi connectivity index (χ0) is 23.1. The van der Waals surface area contributed by atoms with Gasteiger partial charge in [-0.2, -0.15) is 0 Å². The maximum Gasteiger partial charge on any atom is -1.00 e. The zero-order valence-corrected chi connectivity index (χ0v) is 26.6. The van der Waals surface area contributed by atoms with Crippen LogP contribution in [0.15, 0.2) is 109 Å². The molecule has 2 aliphatic rings. The summed E-state index contributed by atoms with van der Waals surface area (Å²) in [6, 6.07) is 37.4. The van der Waals surface area contributed by atoms with Crippen molar-refractivity contribution in [1.82, 2.24) is 0 Å². The molecule has 2 aliphatic carbocycles. The van der Waals surface area contributed by atoms with E-state index in [1.807, 2.05) is 0 Å². The van der Waals surface area contributed by atoms with Gasteiger partial charge >= 0.3 is 212 Å². The van der Waals surface area contributed by atoms with Crippen molar-refractivity contribution < 1.29 is 44.9 Å². The molecule has 2 unspecified atom stereocenters. The van der Waals surface area contributed by atoms with E-state index in [2.05, 4.69) is 135 Å². The number of rotatable bonds is 4. The van der Waals surface area contributed by atoms with Crippen LogP contribution in [-0.4, -0.2) is 5.49 Å². The molecule has 36 heavy (non-hydrogen) atoms. The minimum Gasteiger partial charge on any atom is -1.00 e. The van der Waals surface area contributed by atoms with Crippen LogP contribution < -0.4 is 35.2 Å². The number of benzene rings is 4. The number of allylic oxidation sites excluding steroid dienone is 2. The Morgan fingerprint density at radius 1 is 0.528 bits per heavy atom. The molecule has 0 nitrogen and oxygen atoms in total. The Hall–Kier alpha value is -1.97. The van der Waals surface area contributed by atoms with Gasteiger partial charge in [0.15, 0.2) is 0 Å². The molecule has 178 valence electrons. The number of hydrogen-bond acceptors (Lipinski definition) is 0. The van der Waals surface area contributed by atoms with Gasteiger partial charge in [-0.15, -0.1) is 0 Å². The number of halogens is 2. The smallest absolute Gasteiger partial charge is 1.00 e. The van der Waals surface area contributed by atoms with Crippen molar-refractivity contribution >= 4 is 28.0 Å². The largest absolute Gasteiger partial charge is 1.00 e. The van der Waals surface area contributed by atoms with Crippen molar-refractivity contribution in [2.24, 2.45) is 0 Å². The van der Waals surface area contributed by atoms with E-state index in [1.54, 1.807) is 21.5 Å². The molecule has 0 spiro atoms. The molecule has 0 fully saturated rings. The van der Waals surface area contributed by atoms with Gasteiger partial charge in [0.25, 0.3) is 0 Å². The normalized spacial score (nSPS) is 16.2. The van der Waals surface area contributed by atoms with Crippen molar-refractivity contribution in [3.05, 3.63) is 143 Å². The Morgan fingerprint density at radius 3 is 1.33 bits per heavy atom. The van der Waals surface area contributed by atoms with Crippen LogP contribution in [0.1, 0.15) is 40.7 Å². The summed E-state index contributed by atoms with van der Waals surface area (Å²) >= 11 is -2.53. The van der Waals surface area contributed by atoms with Crippen LogP contribution in [0.4, 0.5) is 0 Å². The van der Waals surface area contributed by atoms with Gasteiger partial charge in [0.1, 0.15) is 0 Å². The SMILES string of the molecule is Cc1ccc([Si](c2ccc(C)cc2)=[Hf+2]([CH]2C=Cc3ccccc32)[CH]2C=Cc3ccccc32)cc1.[Cl-].[Cl-]. The molecule has 4 aromatic carbocycles. The van der Waals surface area contributed by atoms with E-state index in [0.717, 1.165) is 0 Å². The van der Waals surface area contributed by atoms with Crippen molar-refractivity contribution in [3.8, 4) is 0 Å². The third-order valence-corrected chi connectivity index (χ3v) is 35.6. The first-order chi connectivity index (χ1) is 16.7. The summed E-state index contributed by atoms with van der Waals surface area (Å²) in [4.78, 5) is 0. The summed E-state index contributed by atoms with van der Waals surface area (Å²) in [6.45, 7) is 4.41. The van der Waals surface area contributed by atoms with Gasteiger partial charge in [-0.05, 0) is 0 Å². The fraction of sp³-hybridized carbons (Fsp3) is 0.125. The number of aryl methyl sites for hydroxylation is 2. The molecule has 0 aliphatic heterocycles. The van der Waals surface area contributed by atoms with Crippen LogP contribution in [0.2, 0.25) is 0 Å². The van der Waals surface area contributed by atoms with Gasteiger partial charge in [0.2, 0.25) is 0 Å². The maximum atomic E-state index is 2.58. The van der Waals surface area contributed by atoms with E-state index < -0.39 is 25.6 Å². The minimum absolute atomic E-state index is 0. The molecule has 0 saturated heterocycles. The van der Waals surface area contributed by atoms with Gasteiger partial charge in [0.05, 0.1) is 0 Å². The van der Waals surface area contributed by atoms with Crippen molar-refractivity contribution in [3.63, 3.8) is 0 Å². The van der Waals surface area contributed by atoms with E-state index in [9.17, 15) is 0 Å². The molecule has 4 heteroatoms. The average molecular weight is 690 g/mol. The summed E-state index contributed by atoms with van der Waals surface area (Å²) in [5.74, 6) is 0. The van der Waals surface area contributed by atoms with Gasteiger partial charge in [-0.25, -0.2) is 0 Å². The first kappa shape index (κ1) is 27.1. The monoisotopic (exact) mass is 690 g/mol. The second-order valence-electron chi connectivity index (χ2n) is 9.49. The Bertz CT molecular complexity index is 1360. The van der Waals surface area contributed by atoms with Gasteiger partial charge in [-0.1, -0.05) is 0 Å². The third kappa shape index (κ3) is 5.06. The molecule has 6 rings (SSSR count). The summed E-state index contributed by atoms with van der Waals surface area (Å²) in [5, 5.41) is 3.19. The Kier molecular flexibility index (Phi) is 8.73. The summed E-state index contributed by atoms with van der Waals surface area (Å²) in [6.07, 6.45) is 9.96. The van der Waals surface area contributed by atoms with Crippen LogP contribution >= 0.6 is 0 Å². The molecule has 4 aromatic rings. The topological polar surface area (TPSA) is 0 Å². The van der Waals surface area contributed by atoms with E-state index in [1.165, 1.54) is 22.3 Å². The second kappa shape index (κ2) is 11.6. The predicted octanol–water partition coefficient (Wildman–Crippen LogP) is 0.572. The molecular formula is C32H28Cl2HfSi. The Balaban J connectivity index is 0.00000152. The standard InChI is InChI=1S/C14H14Si.2C9H7.2ClH.Hf/c1-11-3-7-13(8-4-11)15-14-9-5-12(2)6-10-14;2*1-2-5-9-7-3-6-8(9)4-1;;;/h3-10H,1-2H3;2*1-7H;2*1H;/q;;;;;+2/p-2. The molecule has 0 aromatic heterocycles. The summed E-state index contributed by atoms with van der Waals surface area (Å²) < 4.78 is 1.22. The second-order valence-corrected chi connectivity index (χ2v) is 29.3. The van der Waals surface area contributed by atoms with Gasteiger partial charge < -0.3 is 24.8 Å². The fourth-order valence-corrected chi connectivity index (χ4v) is 37.6. The molecule has 0 amide bonds. The predicted molar refractivity (Wildman–Crippen MR) is 144 cm³/mol. The van der Waals surface area contributed by atoms with E-state index in [0.29, 0.717) is 7.35 Å². The molecule has 0 radical (unpaired) electrons. The molecule has 0 bridgehead atoms. The first-order valence-corrected chi connectivity index (χ1v) is 23.2. The average Bonchev–Trinajstić information content (AvgIpc) is 3.49. The molecule has 0 N–H and O–H groups in total. The Labute approximate surface area is 235 Å². The molecular weight excluding hydrogens is 662 g/mol. The number of hydrogen-bond donors (Lipinski definition) is 0. The zero-order valence-electron chi connectivity index (χ0n) is 20.5. The van der Waals surface area contributed by atoms with Crippen LogP contribution in [0.3, 0.4) is 0 Å². The van der Waals surface area contributed by atoms with Gasteiger partial charge in [0, 0.05) is 0 Å². The molecule has 0 saturated carbocycles. The third-order valence-electron chi connectivity index (χ3n) is 7.24. The van der Waals surface area contributed by atoms with Crippen LogP contribution in [0.5, 0.6) is 0 Å². The maximum absolute atomic E-state index is 2.58. The van der Waals surface area contributed by atoms with Crippen LogP contribution in [-0.2, 0) is 20.1 Å². The Morgan fingerprint density at radius 2 is 0.917 bits per heavy atom. The van der Waals surface area contributed by atoms with Crippen LogP contribution in [0, 0.1) is 13.8 Å². The van der Waals surface area contributed by atoms with Crippen molar-refractivity contribution in [2.75, 3.05) is 0 Å².